The average Bonchev–Trinajstić information content (AvgIpc) is 2.03. The summed E-state index contributed by atoms with van der Waals surface area (Å²) in [6.07, 6.45) is 9.64. The van der Waals surface area contributed by atoms with Gasteiger partial charge in [0.15, 0.2) is 0 Å². The molecular weight excluding hydrogens is 164 g/mol. The highest BCUT2D eigenvalue weighted by molar-refractivity contribution is 5.72. The summed E-state index contributed by atoms with van der Waals surface area (Å²) in [6, 6.07) is 0. The minimum Gasteiger partial charge on any atom is -0.466 e. The van der Waals surface area contributed by atoms with Crippen LogP contribution in [0, 0.1) is 5.92 Å². The Morgan fingerprint density at radius 2 is 2.31 bits per heavy atom. The molecule has 0 aliphatic heterocycles. The Kier molecular flexibility index (Phi) is 4.58. The summed E-state index contributed by atoms with van der Waals surface area (Å²) in [5.74, 6) is 0.0885. The highest BCUT2D eigenvalue weighted by atomic mass is 16.5. The van der Waals surface area contributed by atoms with E-state index in [2.05, 4.69) is 12.2 Å². The Balaban J connectivity index is 2.41. The molecule has 0 aromatic heterocycles. The van der Waals surface area contributed by atoms with Crippen LogP contribution in [0.1, 0.15) is 39.0 Å². The quantitative estimate of drug-likeness (QED) is 0.485. The maximum atomic E-state index is 11.4. The molecule has 1 atom stereocenters. The van der Waals surface area contributed by atoms with Crippen LogP contribution in [0.15, 0.2) is 12.2 Å². The van der Waals surface area contributed by atoms with Gasteiger partial charge in [-0.05, 0) is 32.6 Å². The van der Waals surface area contributed by atoms with Crippen molar-refractivity contribution in [2.75, 3.05) is 6.61 Å². The van der Waals surface area contributed by atoms with E-state index < -0.39 is 0 Å². The first-order valence-corrected chi connectivity index (χ1v) is 5.16. The predicted octanol–water partition coefficient (Wildman–Crippen LogP) is 2.69. The van der Waals surface area contributed by atoms with Gasteiger partial charge in [0.2, 0.25) is 0 Å². The molecule has 1 aliphatic rings. The van der Waals surface area contributed by atoms with Crippen LogP contribution >= 0.6 is 0 Å². The van der Waals surface area contributed by atoms with Gasteiger partial charge in [-0.2, -0.15) is 0 Å². The van der Waals surface area contributed by atoms with E-state index in [0.29, 0.717) is 6.61 Å². The van der Waals surface area contributed by atoms with Crippen LogP contribution in [-0.4, -0.2) is 12.6 Å². The van der Waals surface area contributed by atoms with Gasteiger partial charge in [-0.1, -0.05) is 18.6 Å². The molecule has 1 aliphatic carbocycles. The van der Waals surface area contributed by atoms with Gasteiger partial charge in [0.25, 0.3) is 0 Å². The number of hydrogen-bond acceptors (Lipinski definition) is 2. The molecule has 0 aromatic carbocycles. The minimum atomic E-state index is -0.0194. The van der Waals surface area contributed by atoms with Gasteiger partial charge in [-0.3, -0.25) is 4.79 Å². The molecule has 2 heteroatoms. The van der Waals surface area contributed by atoms with Gasteiger partial charge in [0.05, 0.1) is 12.5 Å². The lowest BCUT2D eigenvalue weighted by atomic mass is 9.95. The zero-order valence-corrected chi connectivity index (χ0v) is 8.29. The fourth-order valence-electron chi connectivity index (χ4n) is 1.62. The van der Waals surface area contributed by atoms with Gasteiger partial charge in [0.1, 0.15) is 0 Å². The average molecular weight is 182 g/mol. The van der Waals surface area contributed by atoms with Crippen molar-refractivity contribution in [1.82, 2.24) is 0 Å². The Morgan fingerprint density at radius 1 is 1.46 bits per heavy atom. The van der Waals surface area contributed by atoms with E-state index in [-0.39, 0.29) is 11.9 Å². The van der Waals surface area contributed by atoms with Crippen molar-refractivity contribution in [3.63, 3.8) is 0 Å². The fraction of sp³-hybridized carbons (Fsp3) is 0.727. The maximum Gasteiger partial charge on any atom is 0.309 e. The van der Waals surface area contributed by atoms with Crippen molar-refractivity contribution in [1.29, 1.82) is 0 Å². The molecule has 0 bridgehead atoms. The van der Waals surface area contributed by atoms with Crippen molar-refractivity contribution in [3.8, 4) is 0 Å². The standard InChI is InChI=1S/C11H18O2/c1-2-13-11(12)10-8-6-4-3-5-7-9-10/h4,6,10H,2-3,5,7-9H2,1H3. The van der Waals surface area contributed by atoms with Crippen LogP contribution in [-0.2, 0) is 9.53 Å². The summed E-state index contributed by atoms with van der Waals surface area (Å²) in [6.45, 7) is 2.36. The lowest BCUT2D eigenvalue weighted by Crippen LogP contribution is -2.17. The van der Waals surface area contributed by atoms with E-state index in [1.54, 1.807) is 0 Å². The number of ether oxygens (including phenoxy) is 1. The Bertz CT molecular complexity index is 185. The largest absolute Gasteiger partial charge is 0.466 e. The minimum absolute atomic E-state index is 0.0194. The third kappa shape index (κ3) is 3.62. The summed E-state index contributed by atoms with van der Waals surface area (Å²) in [4.78, 5) is 11.4. The van der Waals surface area contributed by atoms with Gasteiger partial charge < -0.3 is 4.74 Å². The van der Waals surface area contributed by atoms with E-state index in [0.717, 1.165) is 25.7 Å². The van der Waals surface area contributed by atoms with Crippen LogP contribution in [0.4, 0.5) is 0 Å². The molecule has 13 heavy (non-hydrogen) atoms. The molecule has 0 fully saturated rings. The molecule has 74 valence electrons. The van der Waals surface area contributed by atoms with Gasteiger partial charge >= 0.3 is 5.97 Å². The van der Waals surface area contributed by atoms with Crippen LogP contribution in [0.2, 0.25) is 0 Å². The van der Waals surface area contributed by atoms with Crippen molar-refractivity contribution in [2.45, 2.75) is 39.0 Å². The molecule has 1 unspecified atom stereocenters. The van der Waals surface area contributed by atoms with Crippen molar-refractivity contribution >= 4 is 5.97 Å². The van der Waals surface area contributed by atoms with Gasteiger partial charge in [-0.15, -0.1) is 0 Å². The Labute approximate surface area is 80.0 Å². The van der Waals surface area contributed by atoms with E-state index in [1.165, 1.54) is 6.42 Å². The van der Waals surface area contributed by atoms with Crippen molar-refractivity contribution in [2.24, 2.45) is 5.92 Å². The predicted molar refractivity (Wildman–Crippen MR) is 52.3 cm³/mol. The first-order valence-electron chi connectivity index (χ1n) is 5.16. The fourth-order valence-corrected chi connectivity index (χ4v) is 1.62. The SMILES string of the molecule is CCOC(=O)C1CC=CCCCC1. The Morgan fingerprint density at radius 3 is 3.08 bits per heavy atom. The van der Waals surface area contributed by atoms with Crippen LogP contribution < -0.4 is 0 Å². The lowest BCUT2D eigenvalue weighted by molar-refractivity contribution is -0.148. The second kappa shape index (κ2) is 5.79. The summed E-state index contributed by atoms with van der Waals surface area (Å²) in [5, 5.41) is 0. The molecule has 0 heterocycles. The molecule has 0 amide bonds. The van der Waals surface area contributed by atoms with Gasteiger partial charge in [0, 0.05) is 0 Å². The molecule has 2 nitrogen and oxygen atoms in total. The molecule has 1 rings (SSSR count). The zero-order valence-electron chi connectivity index (χ0n) is 8.29. The number of carbonyl (C=O) groups excluding carboxylic acids is 1. The normalized spacial score (nSPS) is 23.3. The number of allylic oxidation sites excluding steroid dienone is 2. The van der Waals surface area contributed by atoms with E-state index in [1.807, 2.05) is 6.92 Å². The smallest absolute Gasteiger partial charge is 0.309 e. The number of hydrogen-bond donors (Lipinski definition) is 0. The monoisotopic (exact) mass is 182 g/mol. The summed E-state index contributed by atoms with van der Waals surface area (Å²) in [7, 11) is 0. The third-order valence-electron chi connectivity index (χ3n) is 2.38. The molecule has 0 spiro atoms. The molecular formula is C11H18O2. The first-order chi connectivity index (χ1) is 6.34. The van der Waals surface area contributed by atoms with Gasteiger partial charge in [-0.25, -0.2) is 0 Å². The third-order valence-corrected chi connectivity index (χ3v) is 2.38. The number of rotatable bonds is 2. The number of carbonyl (C=O) groups is 1. The van der Waals surface area contributed by atoms with Crippen LogP contribution in [0.5, 0.6) is 0 Å². The van der Waals surface area contributed by atoms with Crippen molar-refractivity contribution in [3.05, 3.63) is 12.2 Å². The second-order valence-corrected chi connectivity index (χ2v) is 3.44. The van der Waals surface area contributed by atoms with Crippen LogP contribution in [0.25, 0.3) is 0 Å². The maximum absolute atomic E-state index is 11.4. The summed E-state index contributed by atoms with van der Waals surface area (Å²) >= 11 is 0. The van der Waals surface area contributed by atoms with Crippen molar-refractivity contribution < 1.29 is 9.53 Å². The Hall–Kier alpha value is -0.790. The zero-order chi connectivity index (χ0) is 9.52. The van der Waals surface area contributed by atoms with E-state index in [9.17, 15) is 4.79 Å². The van der Waals surface area contributed by atoms with E-state index in [4.69, 9.17) is 4.74 Å². The molecule has 0 saturated carbocycles. The first kappa shape index (κ1) is 10.3. The molecule has 0 N–H and O–H groups in total. The second-order valence-electron chi connectivity index (χ2n) is 3.44. The molecule has 0 saturated heterocycles. The topological polar surface area (TPSA) is 26.3 Å². The highest BCUT2D eigenvalue weighted by Crippen LogP contribution is 2.19. The van der Waals surface area contributed by atoms with Crippen LogP contribution in [0.3, 0.4) is 0 Å². The molecule has 0 aromatic rings. The lowest BCUT2D eigenvalue weighted by Gasteiger charge is -2.14. The highest BCUT2D eigenvalue weighted by Gasteiger charge is 2.18. The summed E-state index contributed by atoms with van der Waals surface area (Å²) < 4.78 is 5.00. The molecule has 0 radical (unpaired) electrons. The van der Waals surface area contributed by atoms with E-state index >= 15 is 0 Å². The number of esters is 1. The summed E-state index contributed by atoms with van der Waals surface area (Å²) in [5.41, 5.74) is 0.